The third kappa shape index (κ3) is 9.61. The molecule has 0 aliphatic rings. The van der Waals surface area contributed by atoms with Crippen molar-refractivity contribution in [2.75, 3.05) is 0 Å². The van der Waals surface area contributed by atoms with E-state index >= 15 is 0 Å². The van der Waals surface area contributed by atoms with E-state index in [9.17, 15) is 0 Å². The summed E-state index contributed by atoms with van der Waals surface area (Å²) in [4.78, 5) is 0. The molecule has 0 heterocycles. The molecular weight excluding hydrogens is 299 g/mol. The van der Waals surface area contributed by atoms with Gasteiger partial charge in [0.05, 0.1) is 11.7 Å². The maximum absolute atomic E-state index is 5.96. The van der Waals surface area contributed by atoms with Crippen LogP contribution in [0.15, 0.2) is 0 Å². The normalized spacial score (nSPS) is 17.6. The number of hydrogen-bond acceptors (Lipinski definition) is 1. The molecule has 1 nitrogen and oxygen atoms in total. The average Bonchev–Trinajstić information content (AvgIpc) is 1.95. The Balaban J connectivity index is 3.95. The molecule has 0 radical (unpaired) electrons. The first-order valence-electron chi connectivity index (χ1n) is 5.88. The van der Waals surface area contributed by atoms with Crippen molar-refractivity contribution < 1.29 is 4.74 Å². The van der Waals surface area contributed by atoms with Crippen molar-refractivity contribution in [1.29, 1.82) is 0 Å². The second-order valence-corrected chi connectivity index (χ2v) is 9.09. The molecule has 2 atom stereocenters. The van der Waals surface area contributed by atoms with Gasteiger partial charge in [-0.2, -0.15) is 0 Å². The van der Waals surface area contributed by atoms with E-state index in [4.69, 9.17) is 4.74 Å². The van der Waals surface area contributed by atoms with Gasteiger partial charge < -0.3 is 4.74 Å². The summed E-state index contributed by atoms with van der Waals surface area (Å²) >= 11 is 2.52. The zero-order valence-electron chi connectivity index (χ0n) is 11.4. The summed E-state index contributed by atoms with van der Waals surface area (Å²) in [6, 6.07) is 0. The third-order valence-electron chi connectivity index (χ3n) is 2.53. The second-order valence-electron chi connectivity index (χ2n) is 6.17. The Morgan fingerprint density at radius 1 is 1.07 bits per heavy atom. The molecule has 0 saturated carbocycles. The van der Waals surface area contributed by atoms with Crippen LogP contribution < -0.4 is 0 Å². The molecule has 0 rings (SSSR count). The lowest BCUT2D eigenvalue weighted by atomic mass is 9.95. The lowest BCUT2D eigenvalue weighted by molar-refractivity contribution is -0.0744. The Morgan fingerprint density at radius 3 is 1.87 bits per heavy atom. The summed E-state index contributed by atoms with van der Waals surface area (Å²) in [6.45, 7) is 15.4. The Morgan fingerprint density at radius 2 is 1.53 bits per heavy atom. The Labute approximate surface area is 109 Å². The molecule has 0 saturated heterocycles. The van der Waals surface area contributed by atoms with Gasteiger partial charge in [-0.3, -0.25) is 0 Å². The molecule has 0 aromatic rings. The zero-order valence-corrected chi connectivity index (χ0v) is 13.5. The summed E-state index contributed by atoms with van der Waals surface area (Å²) in [5.41, 5.74) is -0.0203. The molecule has 0 N–H and O–H groups in total. The van der Waals surface area contributed by atoms with Crippen LogP contribution in [0.1, 0.15) is 61.3 Å². The van der Waals surface area contributed by atoms with E-state index in [0.717, 1.165) is 0 Å². The van der Waals surface area contributed by atoms with Crippen LogP contribution in [0.3, 0.4) is 0 Å². The minimum absolute atomic E-state index is 0.0203. The van der Waals surface area contributed by atoms with Crippen LogP contribution in [0.25, 0.3) is 0 Å². The van der Waals surface area contributed by atoms with Gasteiger partial charge in [-0.05, 0) is 46.5 Å². The van der Waals surface area contributed by atoms with E-state index in [1.807, 2.05) is 0 Å². The highest BCUT2D eigenvalue weighted by atomic mass is 127. The van der Waals surface area contributed by atoms with Crippen molar-refractivity contribution in [2.24, 2.45) is 5.92 Å². The quantitative estimate of drug-likeness (QED) is 0.520. The van der Waals surface area contributed by atoms with Gasteiger partial charge in [-0.1, -0.05) is 43.4 Å². The molecule has 0 aliphatic carbocycles. The van der Waals surface area contributed by atoms with E-state index < -0.39 is 0 Å². The fourth-order valence-corrected chi connectivity index (χ4v) is 1.79. The first kappa shape index (κ1) is 15.7. The van der Waals surface area contributed by atoms with Crippen LogP contribution in [0.5, 0.6) is 0 Å². The van der Waals surface area contributed by atoms with Gasteiger partial charge in [-0.15, -0.1) is 0 Å². The summed E-state index contributed by atoms with van der Waals surface area (Å²) in [5.74, 6) is 0.637. The van der Waals surface area contributed by atoms with Gasteiger partial charge in [0.15, 0.2) is 0 Å². The minimum Gasteiger partial charge on any atom is -0.373 e. The van der Waals surface area contributed by atoms with Gasteiger partial charge in [0.1, 0.15) is 0 Å². The van der Waals surface area contributed by atoms with E-state index in [1.54, 1.807) is 0 Å². The van der Waals surface area contributed by atoms with Gasteiger partial charge in [0.25, 0.3) is 0 Å². The smallest absolute Gasteiger partial charge is 0.0602 e. The topological polar surface area (TPSA) is 9.23 Å². The first-order chi connectivity index (χ1) is 6.51. The van der Waals surface area contributed by atoms with Gasteiger partial charge in [0, 0.05) is 3.42 Å². The van der Waals surface area contributed by atoms with Crippen molar-refractivity contribution in [2.45, 2.75) is 76.4 Å². The van der Waals surface area contributed by atoms with E-state index in [0.29, 0.717) is 15.4 Å². The van der Waals surface area contributed by atoms with Crippen molar-refractivity contribution >= 4 is 22.6 Å². The van der Waals surface area contributed by atoms with Crippen LogP contribution in [0, 0.1) is 5.92 Å². The van der Waals surface area contributed by atoms with Crippen LogP contribution in [-0.4, -0.2) is 15.1 Å². The summed E-state index contributed by atoms with van der Waals surface area (Å²) in [5, 5.41) is 0. The van der Waals surface area contributed by atoms with E-state index in [-0.39, 0.29) is 5.60 Å². The SMILES string of the molecule is CC(CCC(C)(C)I)C(C)OC(C)(C)C. The fourth-order valence-electron chi connectivity index (χ4n) is 1.48. The fraction of sp³-hybridized carbons (Fsp3) is 1.00. The molecule has 0 amide bonds. The lowest BCUT2D eigenvalue weighted by Crippen LogP contribution is -2.30. The molecule has 0 aliphatic heterocycles. The average molecular weight is 326 g/mol. The summed E-state index contributed by atoms with van der Waals surface area (Å²) in [7, 11) is 0. The van der Waals surface area contributed by atoms with Gasteiger partial charge in [-0.25, -0.2) is 0 Å². The molecule has 2 unspecified atom stereocenters. The predicted molar refractivity (Wildman–Crippen MR) is 76.8 cm³/mol. The molecule has 0 fully saturated rings. The molecule has 92 valence electrons. The van der Waals surface area contributed by atoms with E-state index in [1.165, 1.54) is 12.8 Å². The number of halogens is 1. The highest BCUT2D eigenvalue weighted by Gasteiger charge is 2.22. The van der Waals surface area contributed by atoms with Crippen molar-refractivity contribution in [1.82, 2.24) is 0 Å². The molecule has 15 heavy (non-hydrogen) atoms. The molecular formula is C13H27IO. The molecule has 0 aromatic carbocycles. The van der Waals surface area contributed by atoms with Crippen LogP contribution in [0.4, 0.5) is 0 Å². The monoisotopic (exact) mass is 326 g/mol. The maximum atomic E-state index is 5.96. The van der Waals surface area contributed by atoms with Gasteiger partial charge >= 0.3 is 0 Å². The second kappa shape index (κ2) is 5.85. The van der Waals surface area contributed by atoms with Crippen LogP contribution >= 0.6 is 22.6 Å². The highest BCUT2D eigenvalue weighted by molar-refractivity contribution is 14.1. The standard InChI is InChI=1S/C13H27IO/c1-10(8-9-13(6,7)14)11(2)15-12(3,4)5/h10-11H,8-9H2,1-7H3. The Kier molecular flexibility index (Phi) is 6.12. The van der Waals surface area contributed by atoms with Crippen molar-refractivity contribution in [3.05, 3.63) is 0 Å². The lowest BCUT2D eigenvalue weighted by Gasteiger charge is -2.30. The Bertz CT molecular complexity index is 176. The molecule has 2 heteroatoms. The van der Waals surface area contributed by atoms with E-state index in [2.05, 4.69) is 71.1 Å². The number of rotatable bonds is 5. The van der Waals surface area contributed by atoms with Crippen molar-refractivity contribution in [3.8, 4) is 0 Å². The summed E-state index contributed by atoms with van der Waals surface area (Å²) in [6.07, 6.45) is 2.85. The predicted octanol–water partition coefficient (Wildman–Crippen LogP) is 4.82. The highest BCUT2D eigenvalue weighted by Crippen LogP contribution is 2.28. The number of alkyl halides is 1. The third-order valence-corrected chi connectivity index (χ3v) is 3.07. The zero-order chi connectivity index (χ0) is 12.3. The van der Waals surface area contributed by atoms with Crippen LogP contribution in [0.2, 0.25) is 0 Å². The Hall–Kier alpha value is 0.690. The van der Waals surface area contributed by atoms with Crippen molar-refractivity contribution in [3.63, 3.8) is 0 Å². The van der Waals surface area contributed by atoms with Crippen LogP contribution in [-0.2, 0) is 4.74 Å². The molecule has 0 bridgehead atoms. The minimum atomic E-state index is -0.0203. The largest absolute Gasteiger partial charge is 0.373 e. The number of hydrogen-bond donors (Lipinski definition) is 0. The maximum Gasteiger partial charge on any atom is 0.0602 e. The molecule has 0 spiro atoms. The molecule has 0 aromatic heterocycles. The first-order valence-corrected chi connectivity index (χ1v) is 6.96. The summed E-state index contributed by atoms with van der Waals surface area (Å²) < 4.78 is 6.37. The number of ether oxygens (including phenoxy) is 1. The van der Waals surface area contributed by atoms with Gasteiger partial charge in [0.2, 0.25) is 0 Å².